The van der Waals surface area contributed by atoms with E-state index in [2.05, 4.69) is 24.1 Å². The molecule has 1 N–H and O–H groups in total. The summed E-state index contributed by atoms with van der Waals surface area (Å²) in [7, 11) is 3.86. The molecule has 2 amide bonds. The molecule has 1 saturated heterocycles. The lowest BCUT2D eigenvalue weighted by molar-refractivity contribution is -0.142. The fraction of sp³-hybridized carbons (Fsp3) is 0.600. The summed E-state index contributed by atoms with van der Waals surface area (Å²) >= 11 is 0. The van der Waals surface area contributed by atoms with E-state index in [-0.39, 0.29) is 17.9 Å². The Morgan fingerprint density at radius 2 is 1.77 bits per heavy atom. The van der Waals surface area contributed by atoms with Gasteiger partial charge in [-0.1, -0.05) is 44.2 Å². The van der Waals surface area contributed by atoms with E-state index in [9.17, 15) is 9.59 Å². The van der Waals surface area contributed by atoms with E-state index in [1.807, 2.05) is 54.2 Å². The fourth-order valence-corrected chi connectivity index (χ4v) is 3.31. The van der Waals surface area contributed by atoms with Crippen LogP contribution in [0.4, 0.5) is 0 Å². The molecule has 1 aliphatic rings. The zero-order valence-corrected chi connectivity index (χ0v) is 16.4. The molecule has 26 heavy (non-hydrogen) atoms. The van der Waals surface area contributed by atoms with Gasteiger partial charge < -0.3 is 10.2 Å². The summed E-state index contributed by atoms with van der Waals surface area (Å²) in [5.41, 5.74) is 1.01. The van der Waals surface area contributed by atoms with Crippen LogP contribution in [0.5, 0.6) is 0 Å². The van der Waals surface area contributed by atoms with Crippen molar-refractivity contribution in [3.8, 4) is 0 Å². The second-order valence-electron chi connectivity index (χ2n) is 7.15. The van der Waals surface area contributed by atoms with Crippen LogP contribution in [-0.2, 0) is 9.59 Å². The molecule has 0 saturated carbocycles. The number of benzene rings is 1. The summed E-state index contributed by atoms with van der Waals surface area (Å²) in [5.74, 6) is 0.541. The number of carbonyl (C=O) groups is 2. The first-order chi connectivity index (χ1) is 12.5. The van der Waals surface area contributed by atoms with Gasteiger partial charge in [0.25, 0.3) is 0 Å². The number of hydrogen-bond donors (Lipinski definition) is 1. The van der Waals surface area contributed by atoms with Gasteiger partial charge in [0.2, 0.25) is 11.8 Å². The van der Waals surface area contributed by atoms with Crippen LogP contribution in [0.3, 0.4) is 0 Å². The molecule has 0 aliphatic carbocycles. The maximum absolute atomic E-state index is 12.9. The van der Waals surface area contributed by atoms with Crippen molar-refractivity contribution in [2.45, 2.75) is 19.9 Å². The van der Waals surface area contributed by atoms with Crippen LogP contribution in [0.25, 0.3) is 0 Å². The van der Waals surface area contributed by atoms with Gasteiger partial charge in [-0.2, -0.15) is 0 Å². The zero-order valence-electron chi connectivity index (χ0n) is 16.4. The first-order valence-corrected chi connectivity index (χ1v) is 9.45. The lowest BCUT2D eigenvalue weighted by Gasteiger charge is -2.42. The first kappa shape index (κ1) is 20.4. The van der Waals surface area contributed by atoms with E-state index in [1.54, 1.807) is 0 Å². The van der Waals surface area contributed by atoms with Crippen molar-refractivity contribution >= 4 is 11.8 Å². The van der Waals surface area contributed by atoms with Crippen LogP contribution in [-0.4, -0.2) is 79.9 Å². The van der Waals surface area contributed by atoms with Gasteiger partial charge in [-0.3, -0.25) is 19.4 Å². The molecule has 1 unspecified atom stereocenters. The van der Waals surface area contributed by atoms with Crippen LogP contribution in [0, 0.1) is 5.92 Å². The average molecular weight is 361 g/mol. The summed E-state index contributed by atoms with van der Waals surface area (Å²) in [5, 5.41) is 3.00. The minimum absolute atomic E-state index is 0.0638. The third-order valence-corrected chi connectivity index (χ3v) is 4.98. The number of rotatable bonds is 9. The maximum atomic E-state index is 12.9. The molecule has 0 spiro atoms. The second kappa shape index (κ2) is 9.69. The summed E-state index contributed by atoms with van der Waals surface area (Å²) in [6.07, 6.45) is 0. The van der Waals surface area contributed by atoms with Gasteiger partial charge in [-0.15, -0.1) is 0 Å². The van der Waals surface area contributed by atoms with Gasteiger partial charge in [0, 0.05) is 25.6 Å². The molecular weight excluding hydrogens is 328 g/mol. The highest BCUT2D eigenvalue weighted by molar-refractivity contribution is 5.84. The third kappa shape index (κ3) is 5.29. The summed E-state index contributed by atoms with van der Waals surface area (Å²) < 4.78 is 0. The van der Waals surface area contributed by atoms with Gasteiger partial charge in [0.1, 0.15) is 6.04 Å². The predicted octanol–water partition coefficient (Wildman–Crippen LogP) is 1.21. The van der Waals surface area contributed by atoms with Crippen LogP contribution < -0.4 is 5.32 Å². The Morgan fingerprint density at radius 1 is 1.15 bits per heavy atom. The van der Waals surface area contributed by atoms with Crippen LogP contribution in [0.1, 0.15) is 25.5 Å². The number of likely N-dealkylation sites (tertiary alicyclic amines) is 1. The molecule has 1 atom stereocenters. The first-order valence-electron chi connectivity index (χ1n) is 9.45. The minimum Gasteiger partial charge on any atom is -0.355 e. The Labute approximate surface area is 157 Å². The number of likely N-dealkylation sites (N-methyl/N-ethyl adjacent to an activating group) is 2. The Morgan fingerprint density at radius 3 is 2.31 bits per heavy atom. The van der Waals surface area contributed by atoms with Crippen molar-refractivity contribution in [1.29, 1.82) is 0 Å². The van der Waals surface area contributed by atoms with Crippen molar-refractivity contribution in [3.63, 3.8) is 0 Å². The van der Waals surface area contributed by atoms with Crippen LogP contribution >= 0.6 is 0 Å². The standard InChI is InChI=1S/C20H32N4O2/c1-5-23(6-2)15-18(25)21-12-16-13-24(14-16)20(26)19(22(3)4)17-10-8-7-9-11-17/h7-11,16,19H,5-6,12-15H2,1-4H3,(H,21,25). The van der Waals surface area contributed by atoms with Crippen molar-refractivity contribution in [2.24, 2.45) is 5.92 Å². The molecule has 1 aromatic rings. The Hall–Kier alpha value is -1.92. The second-order valence-corrected chi connectivity index (χ2v) is 7.15. The third-order valence-electron chi connectivity index (χ3n) is 4.98. The van der Waals surface area contributed by atoms with E-state index in [4.69, 9.17) is 0 Å². The van der Waals surface area contributed by atoms with Crippen molar-refractivity contribution < 1.29 is 9.59 Å². The normalized spacial score (nSPS) is 15.8. The van der Waals surface area contributed by atoms with Gasteiger partial charge in [0.05, 0.1) is 6.54 Å². The highest BCUT2D eigenvalue weighted by atomic mass is 16.2. The summed E-state index contributed by atoms with van der Waals surface area (Å²) in [4.78, 5) is 30.8. The molecule has 144 valence electrons. The Bertz CT molecular complexity index is 581. The highest BCUT2D eigenvalue weighted by Crippen LogP contribution is 2.25. The number of nitrogens with zero attached hydrogens (tertiary/aromatic N) is 3. The zero-order chi connectivity index (χ0) is 19.1. The Balaban J connectivity index is 1.79. The van der Waals surface area contributed by atoms with Gasteiger partial charge in [-0.05, 0) is 32.7 Å². The SMILES string of the molecule is CCN(CC)CC(=O)NCC1CN(C(=O)C(c2ccccc2)N(C)C)C1. The molecule has 1 fully saturated rings. The molecular formula is C20H32N4O2. The molecule has 1 aliphatic heterocycles. The quantitative estimate of drug-likeness (QED) is 0.719. The number of hydrogen-bond acceptors (Lipinski definition) is 4. The fourth-order valence-electron chi connectivity index (χ4n) is 3.31. The molecule has 0 radical (unpaired) electrons. The lowest BCUT2D eigenvalue weighted by Crippen LogP contribution is -2.56. The molecule has 6 heteroatoms. The maximum Gasteiger partial charge on any atom is 0.244 e. The average Bonchev–Trinajstić information content (AvgIpc) is 2.59. The monoisotopic (exact) mass is 360 g/mol. The van der Waals surface area contributed by atoms with Gasteiger partial charge in [0.15, 0.2) is 0 Å². The summed E-state index contributed by atoms with van der Waals surface area (Å²) in [6.45, 7) is 8.37. The lowest BCUT2D eigenvalue weighted by atomic mass is 9.96. The molecule has 0 bridgehead atoms. The molecule has 2 rings (SSSR count). The minimum atomic E-state index is -0.255. The van der Waals surface area contributed by atoms with Crippen LogP contribution in [0.15, 0.2) is 30.3 Å². The largest absolute Gasteiger partial charge is 0.355 e. The number of amides is 2. The van der Waals surface area contributed by atoms with Gasteiger partial charge >= 0.3 is 0 Å². The smallest absolute Gasteiger partial charge is 0.244 e. The van der Waals surface area contributed by atoms with Crippen molar-refractivity contribution in [1.82, 2.24) is 20.0 Å². The van der Waals surface area contributed by atoms with Crippen molar-refractivity contribution in [2.75, 3.05) is 53.4 Å². The molecule has 1 aromatic carbocycles. The number of nitrogens with one attached hydrogen (secondary N) is 1. The predicted molar refractivity (Wildman–Crippen MR) is 104 cm³/mol. The van der Waals surface area contributed by atoms with E-state index in [0.717, 1.165) is 18.7 Å². The van der Waals surface area contributed by atoms with Crippen LogP contribution in [0.2, 0.25) is 0 Å². The highest BCUT2D eigenvalue weighted by Gasteiger charge is 2.36. The van der Waals surface area contributed by atoms with Gasteiger partial charge in [-0.25, -0.2) is 0 Å². The van der Waals surface area contributed by atoms with E-state index < -0.39 is 0 Å². The van der Waals surface area contributed by atoms with Crippen molar-refractivity contribution in [3.05, 3.63) is 35.9 Å². The summed E-state index contributed by atoms with van der Waals surface area (Å²) in [6, 6.07) is 9.61. The molecule has 0 aromatic heterocycles. The molecule has 1 heterocycles. The molecule has 6 nitrogen and oxygen atoms in total. The van der Waals surface area contributed by atoms with E-state index in [1.165, 1.54) is 0 Å². The van der Waals surface area contributed by atoms with E-state index in [0.29, 0.717) is 32.1 Å². The Kier molecular flexibility index (Phi) is 7.60. The van der Waals surface area contributed by atoms with E-state index >= 15 is 0 Å². The number of carbonyl (C=O) groups excluding carboxylic acids is 2. The topological polar surface area (TPSA) is 55.9 Å².